The average molecular weight is 272 g/mol. The maximum absolute atomic E-state index is 3.59. The van der Waals surface area contributed by atoms with E-state index < -0.39 is 0 Å². The number of pyridine rings is 1. The Kier molecular flexibility index (Phi) is 2.29. The topological polar surface area (TPSA) is 4.41 Å². The van der Waals surface area contributed by atoms with Crippen LogP contribution >= 0.6 is 15.9 Å². The minimum Gasteiger partial charge on any atom is -0.315 e. The molecule has 3 aromatic rings. The Bertz CT molecular complexity index is 626. The standard InChI is InChI=1S/C14H10BrN/c15-12-10-14(11-6-2-1-3-7-11)16-9-5-4-8-13(12)16/h1-10H. The summed E-state index contributed by atoms with van der Waals surface area (Å²) in [6.45, 7) is 0. The van der Waals surface area contributed by atoms with Gasteiger partial charge in [-0.05, 0) is 39.7 Å². The first-order chi connectivity index (χ1) is 7.86. The Morgan fingerprint density at radius 2 is 1.62 bits per heavy atom. The normalized spacial score (nSPS) is 10.8. The molecule has 0 saturated heterocycles. The second-order valence-corrected chi connectivity index (χ2v) is 4.55. The van der Waals surface area contributed by atoms with Gasteiger partial charge in [0.15, 0.2) is 0 Å². The number of hydrogen-bond donors (Lipinski definition) is 0. The van der Waals surface area contributed by atoms with Crippen LogP contribution in [-0.2, 0) is 0 Å². The van der Waals surface area contributed by atoms with Crippen molar-refractivity contribution < 1.29 is 0 Å². The monoisotopic (exact) mass is 271 g/mol. The molecule has 2 heteroatoms. The fraction of sp³-hybridized carbons (Fsp3) is 0. The van der Waals surface area contributed by atoms with Gasteiger partial charge in [-0.3, -0.25) is 0 Å². The zero-order valence-corrected chi connectivity index (χ0v) is 10.2. The maximum Gasteiger partial charge on any atom is 0.0598 e. The van der Waals surface area contributed by atoms with Crippen LogP contribution in [0.5, 0.6) is 0 Å². The third-order valence-electron chi connectivity index (χ3n) is 2.70. The summed E-state index contributed by atoms with van der Waals surface area (Å²) in [4.78, 5) is 0. The molecule has 1 aromatic carbocycles. The van der Waals surface area contributed by atoms with Gasteiger partial charge in [-0.25, -0.2) is 0 Å². The molecule has 0 aliphatic rings. The molecule has 0 aliphatic heterocycles. The van der Waals surface area contributed by atoms with Gasteiger partial charge >= 0.3 is 0 Å². The van der Waals surface area contributed by atoms with E-state index in [-0.39, 0.29) is 0 Å². The zero-order valence-electron chi connectivity index (χ0n) is 8.60. The number of rotatable bonds is 1. The lowest BCUT2D eigenvalue weighted by Crippen LogP contribution is -1.85. The summed E-state index contributed by atoms with van der Waals surface area (Å²) in [6.07, 6.45) is 2.09. The van der Waals surface area contributed by atoms with Crippen LogP contribution in [0.25, 0.3) is 16.8 Å². The number of benzene rings is 1. The lowest BCUT2D eigenvalue weighted by atomic mass is 10.2. The maximum atomic E-state index is 3.59. The summed E-state index contributed by atoms with van der Waals surface area (Å²) in [5.41, 5.74) is 3.64. The van der Waals surface area contributed by atoms with E-state index in [1.165, 1.54) is 16.8 Å². The highest BCUT2D eigenvalue weighted by Crippen LogP contribution is 2.29. The van der Waals surface area contributed by atoms with Crippen LogP contribution in [0.15, 0.2) is 65.3 Å². The highest BCUT2D eigenvalue weighted by molar-refractivity contribution is 9.10. The van der Waals surface area contributed by atoms with Crippen molar-refractivity contribution in [2.45, 2.75) is 0 Å². The molecule has 0 aliphatic carbocycles. The first-order valence-corrected chi connectivity index (χ1v) is 5.96. The Morgan fingerprint density at radius 1 is 0.875 bits per heavy atom. The van der Waals surface area contributed by atoms with E-state index in [1.54, 1.807) is 0 Å². The van der Waals surface area contributed by atoms with Crippen molar-refractivity contribution >= 4 is 21.4 Å². The summed E-state index contributed by atoms with van der Waals surface area (Å²) in [5, 5.41) is 0. The van der Waals surface area contributed by atoms with Gasteiger partial charge in [-0.1, -0.05) is 36.4 Å². The van der Waals surface area contributed by atoms with Crippen molar-refractivity contribution in [3.05, 3.63) is 65.3 Å². The lowest BCUT2D eigenvalue weighted by Gasteiger charge is -2.01. The predicted molar refractivity (Wildman–Crippen MR) is 70.5 cm³/mol. The molecular weight excluding hydrogens is 262 g/mol. The largest absolute Gasteiger partial charge is 0.315 e. The van der Waals surface area contributed by atoms with E-state index in [1.807, 2.05) is 12.1 Å². The first kappa shape index (κ1) is 9.67. The highest BCUT2D eigenvalue weighted by Gasteiger charge is 2.07. The van der Waals surface area contributed by atoms with E-state index in [2.05, 4.69) is 69.0 Å². The summed E-state index contributed by atoms with van der Waals surface area (Å²) < 4.78 is 3.33. The van der Waals surface area contributed by atoms with Gasteiger partial charge in [0.25, 0.3) is 0 Å². The van der Waals surface area contributed by atoms with E-state index in [4.69, 9.17) is 0 Å². The van der Waals surface area contributed by atoms with E-state index in [0.717, 1.165) is 4.47 Å². The van der Waals surface area contributed by atoms with Gasteiger partial charge < -0.3 is 4.40 Å². The smallest absolute Gasteiger partial charge is 0.0598 e. The molecule has 16 heavy (non-hydrogen) atoms. The van der Waals surface area contributed by atoms with Crippen molar-refractivity contribution in [1.82, 2.24) is 4.40 Å². The van der Waals surface area contributed by atoms with Crippen LogP contribution in [-0.4, -0.2) is 4.40 Å². The number of fused-ring (bicyclic) bond motifs is 1. The van der Waals surface area contributed by atoms with E-state index in [9.17, 15) is 0 Å². The van der Waals surface area contributed by atoms with Crippen LogP contribution in [0.3, 0.4) is 0 Å². The van der Waals surface area contributed by atoms with Crippen LogP contribution < -0.4 is 0 Å². The number of halogens is 1. The zero-order chi connectivity index (χ0) is 11.0. The molecule has 0 N–H and O–H groups in total. The van der Waals surface area contributed by atoms with Crippen molar-refractivity contribution in [3.8, 4) is 11.3 Å². The Labute approximate surface area is 102 Å². The number of nitrogens with zero attached hydrogens (tertiary/aromatic N) is 1. The Morgan fingerprint density at radius 3 is 2.44 bits per heavy atom. The quantitative estimate of drug-likeness (QED) is 0.619. The fourth-order valence-corrected chi connectivity index (χ4v) is 2.48. The molecule has 78 valence electrons. The van der Waals surface area contributed by atoms with Gasteiger partial charge in [0.2, 0.25) is 0 Å². The molecule has 0 radical (unpaired) electrons. The predicted octanol–water partition coefficient (Wildman–Crippen LogP) is 4.37. The SMILES string of the molecule is Brc1cc(-c2ccccc2)n2ccccc12. The summed E-state index contributed by atoms with van der Waals surface area (Å²) >= 11 is 3.59. The van der Waals surface area contributed by atoms with Crippen molar-refractivity contribution in [2.75, 3.05) is 0 Å². The molecule has 0 amide bonds. The molecule has 1 nitrogen and oxygen atoms in total. The van der Waals surface area contributed by atoms with Gasteiger partial charge in [0, 0.05) is 10.7 Å². The second kappa shape index (κ2) is 3.80. The van der Waals surface area contributed by atoms with Crippen molar-refractivity contribution in [3.63, 3.8) is 0 Å². The minimum absolute atomic E-state index is 1.13. The lowest BCUT2D eigenvalue weighted by molar-refractivity contribution is 1.20. The summed E-state index contributed by atoms with van der Waals surface area (Å²) in [7, 11) is 0. The van der Waals surface area contributed by atoms with Crippen LogP contribution in [0.4, 0.5) is 0 Å². The molecule has 0 atom stereocenters. The first-order valence-electron chi connectivity index (χ1n) is 5.17. The molecule has 0 fully saturated rings. The number of aromatic nitrogens is 1. The Hall–Kier alpha value is -1.54. The third kappa shape index (κ3) is 1.46. The van der Waals surface area contributed by atoms with Crippen molar-refractivity contribution in [2.24, 2.45) is 0 Å². The molecule has 3 rings (SSSR count). The fourth-order valence-electron chi connectivity index (χ4n) is 1.94. The van der Waals surface area contributed by atoms with Crippen LogP contribution in [0.2, 0.25) is 0 Å². The van der Waals surface area contributed by atoms with Crippen LogP contribution in [0, 0.1) is 0 Å². The molecule has 0 bridgehead atoms. The number of hydrogen-bond acceptors (Lipinski definition) is 0. The van der Waals surface area contributed by atoms with Gasteiger partial charge in [-0.15, -0.1) is 0 Å². The summed E-state index contributed by atoms with van der Waals surface area (Å²) in [5.74, 6) is 0. The second-order valence-electron chi connectivity index (χ2n) is 3.70. The molecule has 0 unspecified atom stereocenters. The highest BCUT2D eigenvalue weighted by atomic mass is 79.9. The van der Waals surface area contributed by atoms with E-state index in [0.29, 0.717) is 0 Å². The van der Waals surface area contributed by atoms with Gasteiger partial charge in [0.1, 0.15) is 0 Å². The molecular formula is C14H10BrN. The minimum atomic E-state index is 1.13. The third-order valence-corrected chi connectivity index (χ3v) is 3.33. The summed E-state index contributed by atoms with van der Waals surface area (Å²) in [6, 6.07) is 18.8. The van der Waals surface area contributed by atoms with E-state index >= 15 is 0 Å². The van der Waals surface area contributed by atoms with Crippen molar-refractivity contribution in [1.29, 1.82) is 0 Å². The molecule has 0 spiro atoms. The molecule has 2 heterocycles. The Balaban J connectivity index is 2.33. The molecule has 2 aromatic heterocycles. The van der Waals surface area contributed by atoms with Crippen LogP contribution in [0.1, 0.15) is 0 Å². The molecule has 0 saturated carbocycles. The van der Waals surface area contributed by atoms with Gasteiger partial charge in [0.05, 0.1) is 11.2 Å². The average Bonchev–Trinajstić information content (AvgIpc) is 2.69. The van der Waals surface area contributed by atoms with Gasteiger partial charge in [-0.2, -0.15) is 0 Å².